The van der Waals surface area contributed by atoms with E-state index in [0.717, 1.165) is 5.56 Å². The normalized spacial score (nSPS) is 11.2. The Bertz CT molecular complexity index is 1070. The third kappa shape index (κ3) is 5.41. The second-order valence-corrected chi connectivity index (χ2v) is 8.53. The lowest BCUT2D eigenvalue weighted by atomic mass is 10.2. The molecule has 1 amide bonds. The van der Waals surface area contributed by atoms with Gasteiger partial charge in [-0.2, -0.15) is 0 Å². The molecule has 0 unspecified atom stereocenters. The zero-order chi connectivity index (χ0) is 20.9. The molecule has 0 fully saturated rings. The van der Waals surface area contributed by atoms with E-state index in [9.17, 15) is 13.2 Å². The number of benzene rings is 2. The fraction of sp³-hybridized carbons (Fsp3) is 0.250. The molecule has 8 nitrogen and oxygen atoms in total. The van der Waals surface area contributed by atoms with Crippen molar-refractivity contribution >= 4 is 21.8 Å². The summed E-state index contributed by atoms with van der Waals surface area (Å²) in [5.41, 5.74) is 1.67. The molecule has 2 aromatic carbocycles. The maximum Gasteiger partial charge on any atom is 0.322 e. The first-order chi connectivity index (χ1) is 13.9. The summed E-state index contributed by atoms with van der Waals surface area (Å²) in [5.74, 6) is 0.436. The highest BCUT2D eigenvalue weighted by atomic mass is 32.2. The van der Waals surface area contributed by atoms with Crippen molar-refractivity contribution in [3.8, 4) is 17.2 Å². The first kappa shape index (κ1) is 20.5. The van der Waals surface area contributed by atoms with Crippen molar-refractivity contribution in [2.75, 3.05) is 18.2 Å². The van der Waals surface area contributed by atoms with Gasteiger partial charge < -0.3 is 9.15 Å². The SMILES string of the molecule is COc1ccc(-c2nnc(NC(=O)CCCS(=O)(=O)c3ccc(C)cc3)o2)cc1. The van der Waals surface area contributed by atoms with Crippen molar-refractivity contribution in [2.24, 2.45) is 0 Å². The van der Waals surface area contributed by atoms with Crippen molar-refractivity contribution in [3.63, 3.8) is 0 Å². The Morgan fingerprint density at radius 3 is 2.41 bits per heavy atom. The Kier molecular flexibility index (Phi) is 6.28. The number of amides is 1. The average Bonchev–Trinajstić information content (AvgIpc) is 3.16. The predicted octanol–water partition coefficient (Wildman–Crippen LogP) is 3.25. The number of aryl methyl sites for hydroxylation is 1. The summed E-state index contributed by atoms with van der Waals surface area (Å²) in [6.45, 7) is 1.89. The Hall–Kier alpha value is -3.20. The van der Waals surface area contributed by atoms with Gasteiger partial charge in [0, 0.05) is 12.0 Å². The minimum absolute atomic E-state index is 0.0192. The van der Waals surface area contributed by atoms with E-state index in [0.29, 0.717) is 11.3 Å². The van der Waals surface area contributed by atoms with Crippen molar-refractivity contribution < 1.29 is 22.4 Å². The van der Waals surface area contributed by atoms with Crippen LogP contribution in [0.4, 0.5) is 6.01 Å². The summed E-state index contributed by atoms with van der Waals surface area (Å²) in [4.78, 5) is 12.3. The quantitative estimate of drug-likeness (QED) is 0.601. The van der Waals surface area contributed by atoms with E-state index in [-0.39, 0.29) is 35.4 Å². The Morgan fingerprint density at radius 2 is 1.76 bits per heavy atom. The number of aromatic nitrogens is 2. The molecule has 0 atom stereocenters. The smallest absolute Gasteiger partial charge is 0.322 e. The number of anilines is 1. The molecule has 0 bridgehead atoms. The van der Waals surface area contributed by atoms with Gasteiger partial charge in [-0.3, -0.25) is 10.1 Å². The van der Waals surface area contributed by atoms with Gasteiger partial charge in [0.1, 0.15) is 5.75 Å². The minimum Gasteiger partial charge on any atom is -0.497 e. The number of ether oxygens (including phenoxy) is 1. The molecule has 0 saturated carbocycles. The van der Waals surface area contributed by atoms with Gasteiger partial charge in [-0.15, -0.1) is 5.10 Å². The van der Waals surface area contributed by atoms with Gasteiger partial charge in [0.15, 0.2) is 9.84 Å². The van der Waals surface area contributed by atoms with Crippen molar-refractivity contribution in [1.82, 2.24) is 10.2 Å². The molecule has 1 N–H and O–H groups in total. The van der Waals surface area contributed by atoms with Crippen LogP contribution in [-0.2, 0) is 14.6 Å². The summed E-state index contributed by atoms with van der Waals surface area (Å²) in [7, 11) is -1.85. The van der Waals surface area contributed by atoms with Crippen molar-refractivity contribution in [2.45, 2.75) is 24.7 Å². The number of nitrogens with zero attached hydrogens (tertiary/aromatic N) is 2. The number of hydrogen-bond donors (Lipinski definition) is 1. The molecule has 152 valence electrons. The summed E-state index contributed by atoms with van der Waals surface area (Å²) in [6, 6.07) is 13.6. The summed E-state index contributed by atoms with van der Waals surface area (Å²) in [6.07, 6.45) is 0.201. The number of nitrogens with one attached hydrogen (secondary N) is 1. The average molecular weight is 415 g/mol. The van der Waals surface area contributed by atoms with E-state index < -0.39 is 15.7 Å². The van der Waals surface area contributed by atoms with Crippen LogP contribution < -0.4 is 10.1 Å². The van der Waals surface area contributed by atoms with Crippen LogP contribution in [0, 0.1) is 6.92 Å². The first-order valence-corrected chi connectivity index (χ1v) is 10.6. The molecule has 3 rings (SSSR count). The predicted molar refractivity (Wildman–Crippen MR) is 107 cm³/mol. The fourth-order valence-electron chi connectivity index (χ4n) is 2.59. The van der Waals surface area contributed by atoms with Crippen LogP contribution in [-0.4, -0.2) is 37.4 Å². The van der Waals surface area contributed by atoms with E-state index in [1.54, 1.807) is 55.6 Å². The molecule has 0 aliphatic heterocycles. The third-order valence-corrected chi connectivity index (χ3v) is 6.02. The standard InChI is InChI=1S/C20H21N3O5S/c1-14-5-11-17(12-6-14)29(25,26)13-3-4-18(24)21-20-23-22-19(28-20)15-7-9-16(27-2)10-8-15/h5-12H,3-4,13H2,1-2H3,(H,21,23,24). The van der Waals surface area contributed by atoms with Crippen LogP contribution >= 0.6 is 0 Å². The van der Waals surface area contributed by atoms with Gasteiger partial charge in [-0.1, -0.05) is 22.8 Å². The molecule has 0 aliphatic rings. The van der Waals surface area contributed by atoms with Crippen molar-refractivity contribution in [1.29, 1.82) is 0 Å². The highest BCUT2D eigenvalue weighted by molar-refractivity contribution is 7.91. The molecular weight excluding hydrogens is 394 g/mol. The van der Waals surface area contributed by atoms with Crippen molar-refractivity contribution in [3.05, 3.63) is 54.1 Å². The van der Waals surface area contributed by atoms with E-state index >= 15 is 0 Å². The number of hydrogen-bond acceptors (Lipinski definition) is 7. The number of methoxy groups -OCH3 is 1. The van der Waals surface area contributed by atoms with E-state index in [1.807, 2.05) is 6.92 Å². The summed E-state index contributed by atoms with van der Waals surface area (Å²) < 4.78 is 35.1. The van der Waals surface area contributed by atoms with E-state index in [4.69, 9.17) is 9.15 Å². The monoisotopic (exact) mass is 415 g/mol. The Labute approximate surface area is 168 Å². The second kappa shape index (κ2) is 8.87. The molecule has 0 saturated heterocycles. The minimum atomic E-state index is -3.42. The maximum atomic E-state index is 12.3. The van der Waals surface area contributed by atoms with Gasteiger partial charge in [0.25, 0.3) is 0 Å². The van der Waals surface area contributed by atoms with Gasteiger partial charge in [-0.25, -0.2) is 8.42 Å². The van der Waals surface area contributed by atoms with Crippen LogP contribution in [0.1, 0.15) is 18.4 Å². The number of rotatable bonds is 8. The topological polar surface area (TPSA) is 111 Å². The molecule has 9 heteroatoms. The van der Waals surface area contributed by atoms with Crippen LogP contribution in [0.5, 0.6) is 5.75 Å². The number of sulfone groups is 1. The van der Waals surface area contributed by atoms with Gasteiger partial charge in [0.05, 0.1) is 17.8 Å². The van der Waals surface area contributed by atoms with Gasteiger partial charge in [0.2, 0.25) is 11.8 Å². The molecule has 0 aliphatic carbocycles. The molecule has 1 heterocycles. The zero-order valence-corrected chi connectivity index (χ0v) is 16.9. The lowest BCUT2D eigenvalue weighted by molar-refractivity contribution is -0.116. The molecule has 3 aromatic rings. The fourth-order valence-corrected chi connectivity index (χ4v) is 3.90. The number of carbonyl (C=O) groups is 1. The van der Waals surface area contributed by atoms with Crippen LogP contribution in [0.25, 0.3) is 11.5 Å². The molecule has 29 heavy (non-hydrogen) atoms. The molecule has 0 spiro atoms. The van der Waals surface area contributed by atoms with Gasteiger partial charge >= 0.3 is 6.01 Å². The third-order valence-electron chi connectivity index (χ3n) is 4.21. The van der Waals surface area contributed by atoms with Crippen LogP contribution in [0.3, 0.4) is 0 Å². The molecule has 0 radical (unpaired) electrons. The Balaban J connectivity index is 1.52. The summed E-state index contributed by atoms with van der Waals surface area (Å²) >= 11 is 0. The van der Waals surface area contributed by atoms with Crippen LogP contribution in [0.2, 0.25) is 0 Å². The van der Waals surface area contributed by atoms with E-state index in [2.05, 4.69) is 15.5 Å². The van der Waals surface area contributed by atoms with Gasteiger partial charge in [-0.05, 0) is 49.7 Å². The highest BCUT2D eigenvalue weighted by Crippen LogP contribution is 2.22. The van der Waals surface area contributed by atoms with Crippen LogP contribution in [0.15, 0.2) is 57.8 Å². The lowest BCUT2D eigenvalue weighted by Gasteiger charge is -2.05. The number of carbonyl (C=O) groups excluding carboxylic acids is 1. The zero-order valence-electron chi connectivity index (χ0n) is 16.1. The molecule has 1 aromatic heterocycles. The van der Waals surface area contributed by atoms with E-state index in [1.165, 1.54) is 0 Å². The largest absolute Gasteiger partial charge is 0.497 e. The maximum absolute atomic E-state index is 12.3. The Morgan fingerprint density at radius 1 is 1.07 bits per heavy atom. The first-order valence-electron chi connectivity index (χ1n) is 8.94. The lowest BCUT2D eigenvalue weighted by Crippen LogP contribution is -2.14. The second-order valence-electron chi connectivity index (χ2n) is 6.42. The highest BCUT2D eigenvalue weighted by Gasteiger charge is 2.16. The summed E-state index contributed by atoms with van der Waals surface area (Å²) in [5, 5.41) is 10.2. The molecular formula is C20H21N3O5S.